The topological polar surface area (TPSA) is 6.48 Å². The van der Waals surface area contributed by atoms with Crippen molar-refractivity contribution in [1.29, 1.82) is 0 Å². The molecule has 1 aliphatic carbocycles. The fraction of sp³-hybridized carbons (Fsp3) is 0.500. The predicted molar refractivity (Wildman–Crippen MR) is 121 cm³/mol. The lowest BCUT2D eigenvalue weighted by atomic mass is 9.98. The first-order valence-corrected chi connectivity index (χ1v) is 11.7. The maximum Gasteiger partial charge on any atom is 0.0109 e. The summed E-state index contributed by atoms with van der Waals surface area (Å²) in [5.74, 6) is 0.781. The van der Waals surface area contributed by atoms with Gasteiger partial charge < -0.3 is 9.80 Å². The highest BCUT2D eigenvalue weighted by atomic mass is 31.1. The van der Waals surface area contributed by atoms with Crippen LogP contribution in [0, 0.1) is 5.92 Å². The van der Waals surface area contributed by atoms with Crippen LogP contribution in [-0.2, 0) is 0 Å². The number of benzene rings is 2. The summed E-state index contributed by atoms with van der Waals surface area (Å²) in [5, 5.41) is 3.08. The lowest BCUT2D eigenvalue weighted by Crippen LogP contribution is -2.42. The van der Waals surface area contributed by atoms with Crippen molar-refractivity contribution < 1.29 is 0 Å². The lowest BCUT2D eigenvalue weighted by Gasteiger charge is -2.37. The first-order valence-electron chi connectivity index (χ1n) is 10.3. The van der Waals surface area contributed by atoms with E-state index in [2.05, 4.69) is 98.5 Å². The molecule has 0 heterocycles. The molecule has 0 aromatic heterocycles. The lowest BCUT2D eigenvalue weighted by molar-refractivity contribution is 0.178. The molecule has 27 heavy (non-hydrogen) atoms. The maximum atomic E-state index is 2.59. The van der Waals surface area contributed by atoms with E-state index in [0.29, 0.717) is 6.04 Å². The zero-order valence-electron chi connectivity index (χ0n) is 17.4. The third kappa shape index (κ3) is 5.19. The van der Waals surface area contributed by atoms with Crippen molar-refractivity contribution in [3.05, 3.63) is 60.7 Å². The van der Waals surface area contributed by atoms with Crippen molar-refractivity contribution in [2.24, 2.45) is 5.92 Å². The van der Waals surface area contributed by atoms with Crippen LogP contribution in [0.3, 0.4) is 0 Å². The van der Waals surface area contributed by atoms with Gasteiger partial charge in [0.2, 0.25) is 0 Å². The molecule has 0 amide bonds. The third-order valence-electron chi connectivity index (χ3n) is 6.15. The Hall–Kier alpha value is -1.21. The van der Waals surface area contributed by atoms with Crippen molar-refractivity contribution in [3.8, 4) is 0 Å². The van der Waals surface area contributed by atoms with Gasteiger partial charge in [0, 0.05) is 19.1 Å². The largest absolute Gasteiger partial charge is 0.308 e. The van der Waals surface area contributed by atoms with Gasteiger partial charge in [-0.2, -0.15) is 0 Å². The van der Waals surface area contributed by atoms with Crippen molar-refractivity contribution in [3.63, 3.8) is 0 Å². The normalized spacial score (nSPS) is 21.3. The van der Waals surface area contributed by atoms with Gasteiger partial charge in [-0.15, -0.1) is 0 Å². The van der Waals surface area contributed by atoms with Crippen LogP contribution in [0.25, 0.3) is 0 Å². The summed E-state index contributed by atoms with van der Waals surface area (Å²) in [6.07, 6.45) is 4.11. The molecule has 3 heteroatoms. The highest BCUT2D eigenvalue weighted by Gasteiger charge is 2.38. The highest BCUT2D eigenvalue weighted by molar-refractivity contribution is 7.73. The van der Waals surface area contributed by atoms with E-state index < -0.39 is 0 Å². The summed E-state index contributed by atoms with van der Waals surface area (Å²) in [6, 6.07) is 23.2. The number of hydrogen-bond donors (Lipinski definition) is 0. The fourth-order valence-corrected chi connectivity index (χ4v) is 7.72. The molecule has 2 nitrogen and oxygen atoms in total. The standard InChI is InChI=1S/C24H35N2P/c1-20(26(4)19-18-25(2)3)23-16-11-17-24(23)27(21-12-7-5-8-13-21)22-14-9-6-10-15-22/h5-10,12-15,20,23-24H,11,16-19H2,1-4H3/t20-,23?,24-/m0/s1. The average molecular weight is 383 g/mol. The summed E-state index contributed by atoms with van der Waals surface area (Å²) >= 11 is 0. The second-order valence-electron chi connectivity index (χ2n) is 8.23. The van der Waals surface area contributed by atoms with Gasteiger partial charge >= 0.3 is 0 Å². The van der Waals surface area contributed by atoms with E-state index in [1.54, 1.807) is 10.6 Å². The second-order valence-corrected chi connectivity index (χ2v) is 10.7. The Kier molecular flexibility index (Phi) is 7.47. The molecular weight excluding hydrogens is 347 g/mol. The SMILES string of the molecule is C[C@@H](C1CCC[C@@H]1P(c1ccccc1)c1ccccc1)N(C)CCN(C)C. The molecule has 2 aromatic carbocycles. The first-order chi connectivity index (χ1) is 13.1. The van der Waals surface area contributed by atoms with Gasteiger partial charge in [-0.3, -0.25) is 0 Å². The van der Waals surface area contributed by atoms with E-state index >= 15 is 0 Å². The maximum absolute atomic E-state index is 2.59. The minimum Gasteiger partial charge on any atom is -0.308 e. The molecule has 1 unspecified atom stereocenters. The Bertz CT molecular complexity index is 634. The molecule has 0 N–H and O–H groups in total. The smallest absolute Gasteiger partial charge is 0.0109 e. The predicted octanol–water partition coefficient (Wildman–Crippen LogP) is 4.17. The van der Waals surface area contributed by atoms with Crippen molar-refractivity contribution in [2.45, 2.75) is 37.9 Å². The number of hydrogen-bond acceptors (Lipinski definition) is 2. The molecule has 2 aromatic rings. The molecule has 1 aliphatic rings. The van der Waals surface area contributed by atoms with Crippen molar-refractivity contribution >= 4 is 18.5 Å². The van der Waals surface area contributed by atoms with Gasteiger partial charge in [-0.1, -0.05) is 67.1 Å². The van der Waals surface area contributed by atoms with Crippen molar-refractivity contribution in [1.82, 2.24) is 9.80 Å². The summed E-state index contributed by atoms with van der Waals surface area (Å²) in [7, 11) is 6.34. The second kappa shape index (κ2) is 9.82. The van der Waals surface area contributed by atoms with Crippen LogP contribution in [0.5, 0.6) is 0 Å². The average Bonchev–Trinajstić information content (AvgIpc) is 3.16. The Morgan fingerprint density at radius 1 is 0.852 bits per heavy atom. The molecule has 0 spiro atoms. The van der Waals surface area contributed by atoms with E-state index in [4.69, 9.17) is 0 Å². The molecule has 3 atom stereocenters. The van der Waals surface area contributed by atoms with Gasteiger partial charge in [0.25, 0.3) is 0 Å². The summed E-state index contributed by atoms with van der Waals surface area (Å²) in [4.78, 5) is 4.88. The van der Waals surface area contributed by atoms with E-state index in [0.717, 1.165) is 24.7 Å². The number of likely N-dealkylation sites (N-methyl/N-ethyl adjacent to an activating group) is 2. The quantitative estimate of drug-likeness (QED) is 0.632. The summed E-state index contributed by atoms with van der Waals surface area (Å²) in [5.41, 5.74) is 0.779. The van der Waals surface area contributed by atoms with Crippen LogP contribution < -0.4 is 10.6 Å². The Balaban J connectivity index is 1.85. The zero-order chi connectivity index (χ0) is 19.2. The third-order valence-corrected chi connectivity index (χ3v) is 9.16. The first kappa shape index (κ1) is 20.5. The van der Waals surface area contributed by atoms with Crippen LogP contribution in [0.4, 0.5) is 0 Å². The van der Waals surface area contributed by atoms with E-state index in [1.165, 1.54) is 19.3 Å². The molecule has 1 saturated carbocycles. The van der Waals surface area contributed by atoms with Crippen LogP contribution >= 0.6 is 7.92 Å². The van der Waals surface area contributed by atoms with Gasteiger partial charge in [0.1, 0.15) is 0 Å². The van der Waals surface area contributed by atoms with Gasteiger partial charge in [-0.05, 0) is 71.0 Å². The Morgan fingerprint density at radius 3 is 1.93 bits per heavy atom. The molecular formula is C24H35N2P. The Labute approximate surface area is 167 Å². The fourth-order valence-electron chi connectivity index (χ4n) is 4.45. The van der Waals surface area contributed by atoms with Gasteiger partial charge in [0.05, 0.1) is 0 Å². The van der Waals surface area contributed by atoms with Gasteiger partial charge in [0.15, 0.2) is 0 Å². The molecule has 1 fully saturated rings. The van der Waals surface area contributed by atoms with Crippen LogP contribution in [0.2, 0.25) is 0 Å². The summed E-state index contributed by atoms with van der Waals surface area (Å²) in [6.45, 7) is 4.73. The molecule has 146 valence electrons. The number of nitrogens with zero attached hydrogens (tertiary/aromatic N) is 2. The minimum absolute atomic E-state index is 0.307. The monoisotopic (exact) mass is 382 g/mol. The van der Waals surface area contributed by atoms with Crippen LogP contribution in [0.15, 0.2) is 60.7 Å². The minimum atomic E-state index is -0.307. The molecule has 0 aliphatic heterocycles. The summed E-state index contributed by atoms with van der Waals surface area (Å²) < 4.78 is 0. The Morgan fingerprint density at radius 2 is 1.41 bits per heavy atom. The molecule has 0 bridgehead atoms. The molecule has 0 saturated heterocycles. The molecule has 0 radical (unpaired) electrons. The van der Waals surface area contributed by atoms with E-state index in [-0.39, 0.29) is 7.92 Å². The van der Waals surface area contributed by atoms with Crippen molar-refractivity contribution in [2.75, 3.05) is 34.2 Å². The highest BCUT2D eigenvalue weighted by Crippen LogP contribution is 2.51. The zero-order valence-corrected chi connectivity index (χ0v) is 18.3. The van der Waals surface area contributed by atoms with E-state index in [1.807, 2.05) is 0 Å². The number of rotatable bonds is 8. The van der Waals surface area contributed by atoms with Crippen LogP contribution in [-0.4, -0.2) is 55.7 Å². The van der Waals surface area contributed by atoms with Gasteiger partial charge in [-0.25, -0.2) is 0 Å². The van der Waals surface area contributed by atoms with E-state index in [9.17, 15) is 0 Å². The molecule has 3 rings (SSSR count). The van der Waals surface area contributed by atoms with Crippen LogP contribution in [0.1, 0.15) is 26.2 Å².